The molecule has 6 nitrogen and oxygen atoms in total. The predicted octanol–water partition coefficient (Wildman–Crippen LogP) is 0.640. The van der Waals surface area contributed by atoms with Crippen LogP contribution in [0, 0.1) is 0 Å². The van der Waals surface area contributed by atoms with Crippen LogP contribution in [0.2, 0.25) is 0 Å². The van der Waals surface area contributed by atoms with Gasteiger partial charge in [0.05, 0.1) is 5.69 Å². The van der Waals surface area contributed by atoms with Crippen molar-refractivity contribution in [3.05, 3.63) is 11.1 Å². The third-order valence-corrected chi connectivity index (χ3v) is 3.61. The molecule has 1 aliphatic carbocycles. The molecule has 1 saturated carbocycles. The van der Waals surface area contributed by atoms with E-state index in [2.05, 4.69) is 20.9 Å². The van der Waals surface area contributed by atoms with E-state index in [-0.39, 0.29) is 11.9 Å². The van der Waals surface area contributed by atoms with Crippen molar-refractivity contribution in [3.63, 3.8) is 0 Å². The number of aromatic nitrogens is 1. The van der Waals surface area contributed by atoms with Gasteiger partial charge in [-0.15, -0.1) is 11.3 Å². The van der Waals surface area contributed by atoms with Gasteiger partial charge in [-0.1, -0.05) is 0 Å². The molecule has 1 aromatic rings. The summed E-state index contributed by atoms with van der Waals surface area (Å²) in [6.07, 6.45) is 2.39. The fraction of sp³-hybridized carbons (Fsp3) is 0.500. The molecule has 0 aromatic carbocycles. The first-order valence-corrected chi connectivity index (χ1v) is 6.41. The summed E-state index contributed by atoms with van der Waals surface area (Å²) in [5.74, 6) is 0.366. The smallest absolute Gasteiger partial charge is 0.315 e. The van der Waals surface area contributed by atoms with E-state index >= 15 is 0 Å². The zero-order chi connectivity index (χ0) is 11.8. The van der Waals surface area contributed by atoms with Gasteiger partial charge in [-0.3, -0.25) is 4.79 Å². The molecule has 1 atom stereocenters. The van der Waals surface area contributed by atoms with Gasteiger partial charge in [0.15, 0.2) is 5.13 Å². The first-order valence-electron chi connectivity index (χ1n) is 5.53. The summed E-state index contributed by atoms with van der Waals surface area (Å²) in [6.45, 7) is 0.325. The van der Waals surface area contributed by atoms with E-state index in [0.29, 0.717) is 17.6 Å². The Bertz CT molecular complexity index is 469. The van der Waals surface area contributed by atoms with Crippen LogP contribution in [0.15, 0.2) is 5.38 Å². The predicted molar refractivity (Wildman–Crippen MR) is 63.0 cm³/mol. The zero-order valence-corrected chi connectivity index (χ0v) is 9.84. The van der Waals surface area contributed by atoms with E-state index in [1.165, 1.54) is 24.2 Å². The van der Waals surface area contributed by atoms with Crippen molar-refractivity contribution in [1.82, 2.24) is 15.6 Å². The molecule has 0 unspecified atom stereocenters. The first kappa shape index (κ1) is 10.5. The number of rotatable bonds is 3. The van der Waals surface area contributed by atoms with Gasteiger partial charge < -0.3 is 16.0 Å². The SMILES string of the molecule is O=C1NC[C@@H](C(=O)Nc2nc(C3CC3)cs2)N1. The van der Waals surface area contributed by atoms with E-state index in [1.54, 1.807) is 0 Å². The highest BCUT2D eigenvalue weighted by molar-refractivity contribution is 7.13. The number of carbonyl (C=O) groups excluding carboxylic acids is 2. The van der Waals surface area contributed by atoms with E-state index in [1.807, 2.05) is 5.38 Å². The molecule has 1 saturated heterocycles. The first-order chi connectivity index (χ1) is 8.22. The molecule has 17 heavy (non-hydrogen) atoms. The molecule has 0 bridgehead atoms. The van der Waals surface area contributed by atoms with Gasteiger partial charge in [-0.2, -0.15) is 0 Å². The Kier molecular flexibility index (Phi) is 2.47. The molecule has 2 fully saturated rings. The van der Waals surface area contributed by atoms with E-state index in [9.17, 15) is 9.59 Å². The van der Waals surface area contributed by atoms with Crippen LogP contribution in [0.4, 0.5) is 9.93 Å². The molecule has 3 N–H and O–H groups in total. The molecular formula is C10H12N4O2S. The van der Waals surface area contributed by atoms with Crippen LogP contribution in [0.3, 0.4) is 0 Å². The summed E-state index contributed by atoms with van der Waals surface area (Å²) in [5, 5.41) is 10.4. The van der Waals surface area contributed by atoms with Crippen LogP contribution in [0.5, 0.6) is 0 Å². The van der Waals surface area contributed by atoms with Gasteiger partial charge >= 0.3 is 6.03 Å². The van der Waals surface area contributed by atoms with Crippen molar-refractivity contribution in [2.24, 2.45) is 0 Å². The molecule has 0 radical (unpaired) electrons. The third kappa shape index (κ3) is 2.23. The monoisotopic (exact) mass is 252 g/mol. The topological polar surface area (TPSA) is 83.1 Å². The summed E-state index contributed by atoms with van der Waals surface area (Å²) in [4.78, 5) is 27.0. The number of anilines is 1. The quantitative estimate of drug-likeness (QED) is 0.738. The maximum absolute atomic E-state index is 11.8. The number of urea groups is 1. The molecular weight excluding hydrogens is 240 g/mol. The molecule has 1 aliphatic heterocycles. The van der Waals surface area contributed by atoms with Crippen molar-refractivity contribution >= 4 is 28.4 Å². The Morgan fingerprint density at radius 1 is 1.53 bits per heavy atom. The van der Waals surface area contributed by atoms with E-state index in [0.717, 1.165) is 5.69 Å². The summed E-state index contributed by atoms with van der Waals surface area (Å²) >= 11 is 1.43. The zero-order valence-electron chi connectivity index (χ0n) is 9.03. The molecule has 0 spiro atoms. The van der Waals surface area contributed by atoms with Crippen LogP contribution in [0.1, 0.15) is 24.5 Å². The molecule has 3 amide bonds. The Morgan fingerprint density at radius 3 is 3.00 bits per heavy atom. The molecule has 3 rings (SSSR count). The number of hydrogen-bond donors (Lipinski definition) is 3. The summed E-state index contributed by atoms with van der Waals surface area (Å²) in [6, 6.07) is -0.807. The van der Waals surface area contributed by atoms with Crippen molar-refractivity contribution in [2.45, 2.75) is 24.8 Å². The lowest BCUT2D eigenvalue weighted by atomic mass is 10.3. The second kappa shape index (κ2) is 3.99. The summed E-state index contributed by atoms with van der Waals surface area (Å²) in [5.41, 5.74) is 1.07. The molecule has 7 heteroatoms. The Balaban J connectivity index is 1.61. The maximum atomic E-state index is 11.8. The Morgan fingerprint density at radius 2 is 2.35 bits per heavy atom. The maximum Gasteiger partial charge on any atom is 0.315 e. The van der Waals surface area contributed by atoms with Crippen molar-refractivity contribution in [1.29, 1.82) is 0 Å². The molecule has 90 valence electrons. The third-order valence-electron chi connectivity index (χ3n) is 2.84. The van der Waals surface area contributed by atoms with Gasteiger partial charge in [-0.05, 0) is 12.8 Å². The van der Waals surface area contributed by atoms with Gasteiger partial charge in [0.25, 0.3) is 5.91 Å². The number of nitrogens with one attached hydrogen (secondary N) is 3. The minimum absolute atomic E-state index is 0.222. The highest BCUT2D eigenvalue weighted by atomic mass is 32.1. The number of amides is 3. The second-order valence-electron chi connectivity index (χ2n) is 4.25. The van der Waals surface area contributed by atoms with Gasteiger partial charge in [0.2, 0.25) is 0 Å². The average Bonchev–Trinajstić information content (AvgIpc) is 2.90. The van der Waals surface area contributed by atoms with Crippen LogP contribution in [-0.2, 0) is 4.79 Å². The lowest BCUT2D eigenvalue weighted by molar-refractivity contribution is -0.117. The molecule has 1 aromatic heterocycles. The minimum atomic E-state index is -0.504. The van der Waals surface area contributed by atoms with Crippen LogP contribution >= 0.6 is 11.3 Å². The van der Waals surface area contributed by atoms with Crippen LogP contribution < -0.4 is 16.0 Å². The fourth-order valence-electron chi connectivity index (χ4n) is 1.72. The van der Waals surface area contributed by atoms with Crippen molar-refractivity contribution in [2.75, 3.05) is 11.9 Å². The Hall–Kier alpha value is -1.63. The fourth-order valence-corrected chi connectivity index (χ4v) is 2.51. The van der Waals surface area contributed by atoms with Gasteiger partial charge in [0.1, 0.15) is 6.04 Å². The highest BCUT2D eigenvalue weighted by Crippen LogP contribution is 2.40. The molecule has 2 heterocycles. The number of nitrogens with zero attached hydrogens (tertiary/aromatic N) is 1. The van der Waals surface area contributed by atoms with Crippen molar-refractivity contribution < 1.29 is 9.59 Å². The lowest BCUT2D eigenvalue weighted by Crippen LogP contribution is -2.38. The van der Waals surface area contributed by atoms with Crippen LogP contribution in [0.25, 0.3) is 0 Å². The average molecular weight is 252 g/mol. The van der Waals surface area contributed by atoms with E-state index < -0.39 is 6.04 Å². The molecule has 2 aliphatic rings. The number of thiazole rings is 1. The Labute approximate surface area is 102 Å². The van der Waals surface area contributed by atoms with E-state index in [4.69, 9.17) is 0 Å². The van der Waals surface area contributed by atoms with Gasteiger partial charge in [-0.25, -0.2) is 9.78 Å². The van der Waals surface area contributed by atoms with Crippen molar-refractivity contribution in [3.8, 4) is 0 Å². The van der Waals surface area contributed by atoms with Crippen LogP contribution in [-0.4, -0.2) is 29.5 Å². The minimum Gasteiger partial charge on any atom is -0.336 e. The normalized spacial score (nSPS) is 23.1. The largest absolute Gasteiger partial charge is 0.336 e. The number of hydrogen-bond acceptors (Lipinski definition) is 4. The summed E-state index contributed by atoms with van der Waals surface area (Å²) in [7, 11) is 0. The standard InChI is InChI=1S/C10H12N4O2S/c15-8(6-3-11-9(16)12-6)14-10-13-7(4-17-10)5-1-2-5/h4-6H,1-3H2,(H2,11,12,16)(H,13,14,15)/t6-/m0/s1. The lowest BCUT2D eigenvalue weighted by Gasteiger charge is -2.06. The second-order valence-corrected chi connectivity index (χ2v) is 5.11. The summed E-state index contributed by atoms with van der Waals surface area (Å²) < 4.78 is 0. The number of carbonyl (C=O) groups is 2. The highest BCUT2D eigenvalue weighted by Gasteiger charge is 2.29. The van der Waals surface area contributed by atoms with Gasteiger partial charge in [0, 0.05) is 17.8 Å².